The molecule has 110 valence electrons. The Morgan fingerprint density at radius 2 is 2.30 bits per heavy atom. The number of ether oxygens (including phenoxy) is 1. The van der Waals surface area contributed by atoms with E-state index in [9.17, 15) is 4.79 Å². The van der Waals surface area contributed by atoms with E-state index in [-0.39, 0.29) is 24.4 Å². The summed E-state index contributed by atoms with van der Waals surface area (Å²) in [7, 11) is 0. The molecule has 4 nitrogen and oxygen atoms in total. The summed E-state index contributed by atoms with van der Waals surface area (Å²) in [6.07, 6.45) is 1.76. The Morgan fingerprint density at radius 3 is 3.05 bits per heavy atom. The number of anilines is 1. The van der Waals surface area contributed by atoms with Crippen LogP contribution in [0.5, 0.6) is 0 Å². The van der Waals surface area contributed by atoms with E-state index in [0.717, 1.165) is 31.6 Å². The fourth-order valence-corrected chi connectivity index (χ4v) is 2.85. The van der Waals surface area contributed by atoms with E-state index in [1.54, 1.807) is 0 Å². The van der Waals surface area contributed by atoms with Crippen LogP contribution in [-0.2, 0) is 16.0 Å². The second-order valence-electron chi connectivity index (χ2n) is 5.29. The molecule has 0 saturated carbocycles. The molecule has 0 radical (unpaired) electrons. The maximum atomic E-state index is 12.6. The molecule has 1 N–H and O–H groups in total. The number of nitrogens with zero attached hydrogens (tertiary/aromatic N) is 1. The van der Waals surface area contributed by atoms with Crippen LogP contribution in [-0.4, -0.2) is 38.3 Å². The standard InChI is InChI=1S/C15H20N2O2.ClH/c1-11-4-5-13-12(9-11)3-2-7-17(13)15(18)14-10-16-6-8-19-14;/h4-5,9,14,16H,2-3,6-8,10H2,1H3;1H. The quantitative estimate of drug-likeness (QED) is 0.857. The van der Waals surface area contributed by atoms with Crippen LogP contribution in [0.3, 0.4) is 0 Å². The molecule has 1 saturated heterocycles. The van der Waals surface area contributed by atoms with Crippen LogP contribution in [0.25, 0.3) is 0 Å². The zero-order valence-corrected chi connectivity index (χ0v) is 12.5. The van der Waals surface area contributed by atoms with E-state index < -0.39 is 0 Å². The molecule has 1 unspecified atom stereocenters. The third kappa shape index (κ3) is 2.97. The van der Waals surface area contributed by atoms with E-state index >= 15 is 0 Å². The van der Waals surface area contributed by atoms with Crippen LogP contribution in [0.15, 0.2) is 18.2 Å². The highest BCUT2D eigenvalue weighted by molar-refractivity contribution is 5.97. The number of nitrogens with one attached hydrogen (secondary N) is 1. The maximum absolute atomic E-state index is 12.6. The topological polar surface area (TPSA) is 41.6 Å². The van der Waals surface area contributed by atoms with E-state index in [1.807, 2.05) is 4.90 Å². The van der Waals surface area contributed by atoms with Gasteiger partial charge in [0, 0.05) is 25.3 Å². The van der Waals surface area contributed by atoms with E-state index in [0.29, 0.717) is 13.2 Å². The first-order valence-corrected chi connectivity index (χ1v) is 6.99. The molecule has 1 aromatic carbocycles. The molecule has 2 aliphatic heterocycles. The van der Waals surface area contributed by atoms with Crippen molar-refractivity contribution in [2.24, 2.45) is 0 Å². The van der Waals surface area contributed by atoms with Crippen LogP contribution in [0.4, 0.5) is 5.69 Å². The number of halogens is 1. The van der Waals surface area contributed by atoms with Gasteiger partial charge in [-0.05, 0) is 31.4 Å². The highest BCUT2D eigenvalue weighted by atomic mass is 35.5. The second kappa shape index (κ2) is 6.57. The van der Waals surface area contributed by atoms with Gasteiger partial charge in [-0.15, -0.1) is 12.4 Å². The molecule has 2 aliphatic rings. The Bertz CT molecular complexity index is 487. The van der Waals surface area contributed by atoms with Crippen molar-refractivity contribution in [3.8, 4) is 0 Å². The SMILES string of the molecule is Cc1ccc2c(c1)CCCN2C(=O)C1CNCCO1.Cl. The van der Waals surface area contributed by atoms with Gasteiger partial charge in [-0.1, -0.05) is 17.7 Å². The van der Waals surface area contributed by atoms with Crippen molar-refractivity contribution in [1.29, 1.82) is 0 Å². The van der Waals surface area contributed by atoms with Gasteiger partial charge < -0.3 is 15.0 Å². The van der Waals surface area contributed by atoms with Gasteiger partial charge in [-0.3, -0.25) is 4.79 Å². The molecule has 1 fully saturated rings. The monoisotopic (exact) mass is 296 g/mol. The number of amides is 1. The highest BCUT2D eigenvalue weighted by Gasteiger charge is 2.30. The number of carbonyl (C=O) groups is 1. The van der Waals surface area contributed by atoms with Gasteiger partial charge in [0.25, 0.3) is 5.91 Å². The fraction of sp³-hybridized carbons (Fsp3) is 0.533. The van der Waals surface area contributed by atoms with Crippen LogP contribution >= 0.6 is 12.4 Å². The summed E-state index contributed by atoms with van der Waals surface area (Å²) < 4.78 is 5.58. The van der Waals surface area contributed by atoms with Gasteiger partial charge in [-0.2, -0.15) is 0 Å². The predicted octanol–water partition coefficient (Wildman–Crippen LogP) is 1.68. The average molecular weight is 297 g/mol. The minimum atomic E-state index is -0.332. The van der Waals surface area contributed by atoms with E-state index in [4.69, 9.17) is 4.74 Å². The van der Waals surface area contributed by atoms with Crippen LogP contribution < -0.4 is 10.2 Å². The third-order valence-corrected chi connectivity index (χ3v) is 3.82. The van der Waals surface area contributed by atoms with Crippen molar-refractivity contribution < 1.29 is 9.53 Å². The summed E-state index contributed by atoms with van der Waals surface area (Å²) in [6, 6.07) is 6.33. The summed E-state index contributed by atoms with van der Waals surface area (Å²) >= 11 is 0. The number of aryl methyl sites for hydroxylation is 2. The normalized spacial score (nSPS) is 21.9. The molecular weight excluding hydrogens is 276 g/mol. The summed E-state index contributed by atoms with van der Waals surface area (Å²) in [5, 5.41) is 3.22. The first-order valence-electron chi connectivity index (χ1n) is 6.99. The minimum Gasteiger partial charge on any atom is -0.366 e. The van der Waals surface area contributed by atoms with Crippen LogP contribution in [0.2, 0.25) is 0 Å². The molecule has 0 bridgehead atoms. The highest BCUT2D eigenvalue weighted by Crippen LogP contribution is 2.28. The zero-order chi connectivity index (χ0) is 13.2. The smallest absolute Gasteiger partial charge is 0.257 e. The molecule has 1 amide bonds. The van der Waals surface area contributed by atoms with Gasteiger partial charge in [-0.25, -0.2) is 0 Å². The lowest BCUT2D eigenvalue weighted by Crippen LogP contribution is -2.50. The number of hydrogen-bond donors (Lipinski definition) is 1. The Hall–Kier alpha value is -1.10. The van der Waals surface area contributed by atoms with Gasteiger partial charge >= 0.3 is 0 Å². The van der Waals surface area contributed by atoms with Crippen LogP contribution in [0.1, 0.15) is 17.5 Å². The lowest BCUT2D eigenvalue weighted by molar-refractivity contribution is -0.131. The van der Waals surface area contributed by atoms with Gasteiger partial charge in [0.05, 0.1) is 6.61 Å². The van der Waals surface area contributed by atoms with E-state index in [2.05, 4.69) is 30.4 Å². The Morgan fingerprint density at radius 1 is 1.45 bits per heavy atom. The lowest BCUT2D eigenvalue weighted by atomic mass is 9.99. The molecule has 5 heteroatoms. The molecule has 3 rings (SSSR count). The predicted molar refractivity (Wildman–Crippen MR) is 81.7 cm³/mol. The summed E-state index contributed by atoms with van der Waals surface area (Å²) in [6.45, 7) is 4.96. The van der Waals surface area contributed by atoms with E-state index in [1.165, 1.54) is 11.1 Å². The Kier molecular flexibility index (Phi) is 5.02. The molecule has 20 heavy (non-hydrogen) atoms. The largest absolute Gasteiger partial charge is 0.366 e. The number of morpholine rings is 1. The van der Waals surface area contributed by atoms with Crippen molar-refractivity contribution in [2.45, 2.75) is 25.9 Å². The molecule has 2 heterocycles. The van der Waals surface area contributed by atoms with Gasteiger partial charge in [0.1, 0.15) is 6.10 Å². The summed E-state index contributed by atoms with van der Waals surface area (Å²) in [5.41, 5.74) is 3.60. The number of benzene rings is 1. The van der Waals surface area contributed by atoms with Crippen molar-refractivity contribution in [1.82, 2.24) is 5.32 Å². The van der Waals surface area contributed by atoms with Gasteiger partial charge in [0.15, 0.2) is 0 Å². The molecule has 1 atom stereocenters. The van der Waals surface area contributed by atoms with Crippen molar-refractivity contribution in [2.75, 3.05) is 31.1 Å². The van der Waals surface area contributed by atoms with Crippen molar-refractivity contribution >= 4 is 24.0 Å². The van der Waals surface area contributed by atoms with Crippen LogP contribution in [0, 0.1) is 6.92 Å². The van der Waals surface area contributed by atoms with Crippen molar-refractivity contribution in [3.63, 3.8) is 0 Å². The molecule has 0 aliphatic carbocycles. The number of hydrogen-bond acceptors (Lipinski definition) is 3. The fourth-order valence-electron chi connectivity index (χ4n) is 2.85. The second-order valence-corrected chi connectivity index (χ2v) is 5.29. The summed E-state index contributed by atoms with van der Waals surface area (Å²) in [5.74, 6) is 0.0944. The molecular formula is C15H21ClN2O2. The minimum absolute atomic E-state index is 0. The molecule has 1 aromatic rings. The number of carbonyl (C=O) groups excluding carboxylic acids is 1. The molecule has 0 aromatic heterocycles. The lowest BCUT2D eigenvalue weighted by Gasteiger charge is -2.33. The van der Waals surface area contributed by atoms with Crippen molar-refractivity contribution in [3.05, 3.63) is 29.3 Å². The van der Waals surface area contributed by atoms with Gasteiger partial charge in [0.2, 0.25) is 0 Å². The summed E-state index contributed by atoms with van der Waals surface area (Å²) in [4.78, 5) is 14.5. The molecule has 0 spiro atoms. The zero-order valence-electron chi connectivity index (χ0n) is 11.7. The third-order valence-electron chi connectivity index (χ3n) is 3.82. The Balaban J connectivity index is 0.00000147. The first-order chi connectivity index (χ1) is 9.25. The average Bonchev–Trinajstić information content (AvgIpc) is 2.46. The maximum Gasteiger partial charge on any atom is 0.257 e. The number of rotatable bonds is 1. The Labute approximate surface area is 125 Å². The first kappa shape index (κ1) is 15.3. The number of fused-ring (bicyclic) bond motifs is 1.